The van der Waals surface area contributed by atoms with Crippen molar-refractivity contribution in [3.05, 3.63) is 45.7 Å². The zero-order valence-corrected chi connectivity index (χ0v) is 13.6. The molecule has 0 saturated carbocycles. The van der Waals surface area contributed by atoms with Crippen LogP contribution >= 0.6 is 0 Å². The van der Waals surface area contributed by atoms with Crippen LogP contribution in [0.5, 0.6) is 0 Å². The average Bonchev–Trinajstić information content (AvgIpc) is 2.91. The van der Waals surface area contributed by atoms with Crippen molar-refractivity contribution in [1.82, 2.24) is 15.0 Å². The molecule has 0 atom stereocenters. The quantitative estimate of drug-likeness (QED) is 0.567. The minimum atomic E-state index is -0.0974. The number of nitrogens with zero attached hydrogens (tertiary/aromatic N) is 2. The summed E-state index contributed by atoms with van der Waals surface area (Å²) in [5.41, 5.74) is 4.74. The minimum absolute atomic E-state index is 0.0974. The molecule has 0 unspecified atom stereocenters. The van der Waals surface area contributed by atoms with Gasteiger partial charge in [-0.1, -0.05) is 18.2 Å². The molecule has 2 N–H and O–H groups in total. The highest BCUT2D eigenvalue weighted by Crippen LogP contribution is 2.34. The maximum Gasteiger partial charge on any atom is 0.260 e. The molecular weight excluding hydrogens is 288 g/mol. The first-order valence-corrected chi connectivity index (χ1v) is 7.60. The average molecular weight is 306 g/mol. The van der Waals surface area contributed by atoms with Crippen molar-refractivity contribution in [1.29, 1.82) is 0 Å². The van der Waals surface area contributed by atoms with Gasteiger partial charge in [0.1, 0.15) is 0 Å². The number of H-pyrrole nitrogens is 2. The number of aromatic nitrogens is 3. The van der Waals surface area contributed by atoms with E-state index >= 15 is 0 Å². The summed E-state index contributed by atoms with van der Waals surface area (Å²) in [5.74, 6) is 0.573. The summed E-state index contributed by atoms with van der Waals surface area (Å²) in [5, 5.41) is 2.97. The number of rotatable bonds is 1. The van der Waals surface area contributed by atoms with E-state index < -0.39 is 0 Å². The van der Waals surface area contributed by atoms with Gasteiger partial charge in [0.2, 0.25) is 5.95 Å². The molecule has 0 amide bonds. The summed E-state index contributed by atoms with van der Waals surface area (Å²) in [4.78, 5) is 25.4. The first-order chi connectivity index (χ1) is 11.0. The lowest BCUT2D eigenvalue weighted by Gasteiger charge is -2.14. The molecule has 2 aromatic heterocycles. The first kappa shape index (κ1) is 13.8. The Labute approximate surface area is 133 Å². The van der Waals surface area contributed by atoms with Crippen molar-refractivity contribution in [3.63, 3.8) is 0 Å². The third kappa shape index (κ3) is 1.79. The largest absolute Gasteiger partial charge is 0.354 e. The normalized spacial score (nSPS) is 11.7. The summed E-state index contributed by atoms with van der Waals surface area (Å²) in [6.45, 7) is 4.02. The Morgan fingerprint density at radius 2 is 1.74 bits per heavy atom. The lowest BCUT2D eigenvalue weighted by atomic mass is 10.00. The molecule has 23 heavy (non-hydrogen) atoms. The predicted molar refractivity (Wildman–Crippen MR) is 95.5 cm³/mol. The zero-order valence-electron chi connectivity index (χ0n) is 13.6. The van der Waals surface area contributed by atoms with E-state index in [1.165, 1.54) is 5.39 Å². The molecule has 2 heterocycles. The second-order valence-electron chi connectivity index (χ2n) is 6.18. The van der Waals surface area contributed by atoms with Crippen LogP contribution in [0.4, 0.5) is 5.95 Å². The molecule has 0 spiro atoms. The Morgan fingerprint density at radius 1 is 1.00 bits per heavy atom. The van der Waals surface area contributed by atoms with E-state index in [0.29, 0.717) is 11.3 Å². The highest BCUT2D eigenvalue weighted by Gasteiger charge is 2.17. The molecule has 0 aliphatic carbocycles. The Balaban J connectivity index is 2.31. The monoisotopic (exact) mass is 306 g/mol. The van der Waals surface area contributed by atoms with Gasteiger partial charge in [-0.2, -0.15) is 0 Å². The maximum atomic E-state index is 12.6. The van der Waals surface area contributed by atoms with Gasteiger partial charge in [-0.15, -0.1) is 0 Å². The summed E-state index contributed by atoms with van der Waals surface area (Å²) in [6.07, 6.45) is 0. The fourth-order valence-electron chi connectivity index (χ4n) is 3.35. The Kier molecular flexibility index (Phi) is 2.75. The van der Waals surface area contributed by atoms with Crippen LogP contribution in [-0.2, 0) is 0 Å². The van der Waals surface area contributed by atoms with E-state index in [1.54, 1.807) is 0 Å². The maximum absolute atomic E-state index is 12.6. The fraction of sp³-hybridized carbons (Fsp3) is 0.222. The molecule has 0 saturated heterocycles. The fourth-order valence-corrected chi connectivity index (χ4v) is 3.35. The van der Waals surface area contributed by atoms with E-state index in [4.69, 9.17) is 0 Å². The molecule has 0 bridgehead atoms. The van der Waals surface area contributed by atoms with Gasteiger partial charge in [0, 0.05) is 30.4 Å². The van der Waals surface area contributed by atoms with Gasteiger partial charge < -0.3 is 9.88 Å². The third-order valence-corrected chi connectivity index (χ3v) is 4.52. The van der Waals surface area contributed by atoms with Crippen molar-refractivity contribution < 1.29 is 0 Å². The number of fused-ring (bicyclic) bond motifs is 4. The number of benzene rings is 2. The van der Waals surface area contributed by atoms with Crippen LogP contribution in [-0.4, -0.2) is 29.0 Å². The van der Waals surface area contributed by atoms with Gasteiger partial charge in [-0.3, -0.25) is 9.78 Å². The standard InChI is InChI=1S/C18H18N4O/c1-9-13-11-7-5-6-8-12(11)19-15(13)10(2)14-16(9)20-18(22(3)4)21-17(14)23/h5-8,19H,1-4H3,(H,20,21,23). The molecule has 0 radical (unpaired) electrons. The number of anilines is 1. The van der Waals surface area contributed by atoms with Gasteiger partial charge in [0.25, 0.3) is 5.56 Å². The van der Waals surface area contributed by atoms with Crippen molar-refractivity contribution in [2.75, 3.05) is 19.0 Å². The number of aromatic amines is 2. The highest BCUT2D eigenvalue weighted by atomic mass is 16.1. The topological polar surface area (TPSA) is 64.8 Å². The molecule has 0 aliphatic rings. The number of hydrogen-bond acceptors (Lipinski definition) is 3. The van der Waals surface area contributed by atoms with Gasteiger partial charge in [0.05, 0.1) is 16.4 Å². The van der Waals surface area contributed by atoms with Crippen LogP contribution in [0.15, 0.2) is 29.1 Å². The molecule has 116 valence electrons. The van der Waals surface area contributed by atoms with Crippen LogP contribution in [0.3, 0.4) is 0 Å². The molecule has 2 aromatic carbocycles. The first-order valence-electron chi connectivity index (χ1n) is 7.60. The van der Waals surface area contributed by atoms with E-state index in [1.807, 2.05) is 45.0 Å². The minimum Gasteiger partial charge on any atom is -0.354 e. The van der Waals surface area contributed by atoms with Crippen LogP contribution in [0.25, 0.3) is 32.7 Å². The molecule has 0 aliphatic heterocycles. The third-order valence-electron chi connectivity index (χ3n) is 4.52. The summed E-state index contributed by atoms with van der Waals surface area (Å²) < 4.78 is 0. The summed E-state index contributed by atoms with van der Waals surface area (Å²) in [6, 6.07) is 8.20. The Bertz CT molecular complexity index is 1130. The zero-order chi connectivity index (χ0) is 16.3. The van der Waals surface area contributed by atoms with Crippen molar-refractivity contribution in [2.24, 2.45) is 0 Å². The van der Waals surface area contributed by atoms with Gasteiger partial charge >= 0.3 is 0 Å². The van der Waals surface area contributed by atoms with Crippen LogP contribution in [0.2, 0.25) is 0 Å². The summed E-state index contributed by atoms with van der Waals surface area (Å²) >= 11 is 0. The number of hydrogen-bond donors (Lipinski definition) is 2. The van der Waals surface area contributed by atoms with Crippen LogP contribution < -0.4 is 10.5 Å². The molecule has 5 heteroatoms. The van der Waals surface area contributed by atoms with E-state index in [9.17, 15) is 4.79 Å². The predicted octanol–water partition coefficient (Wildman–Crippen LogP) is 3.24. The van der Waals surface area contributed by atoms with Crippen molar-refractivity contribution >= 4 is 38.7 Å². The van der Waals surface area contributed by atoms with Gasteiger partial charge in [0.15, 0.2) is 0 Å². The van der Waals surface area contributed by atoms with Crippen LogP contribution in [0.1, 0.15) is 11.1 Å². The second kappa shape index (κ2) is 4.59. The second-order valence-corrected chi connectivity index (χ2v) is 6.18. The molecule has 5 nitrogen and oxygen atoms in total. The van der Waals surface area contributed by atoms with E-state index in [2.05, 4.69) is 27.1 Å². The molecule has 4 aromatic rings. The van der Waals surface area contributed by atoms with Crippen LogP contribution in [0, 0.1) is 13.8 Å². The summed E-state index contributed by atoms with van der Waals surface area (Å²) in [7, 11) is 3.74. The van der Waals surface area contributed by atoms with Crippen molar-refractivity contribution in [2.45, 2.75) is 13.8 Å². The smallest absolute Gasteiger partial charge is 0.260 e. The van der Waals surface area contributed by atoms with E-state index in [-0.39, 0.29) is 5.56 Å². The van der Waals surface area contributed by atoms with E-state index in [0.717, 1.165) is 33.1 Å². The van der Waals surface area contributed by atoms with Crippen molar-refractivity contribution in [3.8, 4) is 0 Å². The van der Waals surface area contributed by atoms with Gasteiger partial charge in [-0.05, 0) is 31.0 Å². The SMILES string of the molecule is Cc1c2[nH]c3ccccc3c2c(C)c2nc(N(C)C)[nH]c(=O)c12. The number of nitrogens with one attached hydrogen (secondary N) is 2. The van der Waals surface area contributed by atoms with Gasteiger partial charge in [-0.25, -0.2) is 4.98 Å². The Hall–Kier alpha value is -2.82. The highest BCUT2D eigenvalue weighted by molar-refractivity contribution is 6.15. The lowest BCUT2D eigenvalue weighted by molar-refractivity contribution is 1.000. The number of aryl methyl sites for hydroxylation is 2. The molecule has 4 rings (SSSR count). The molecule has 0 fully saturated rings. The Morgan fingerprint density at radius 3 is 2.48 bits per heavy atom. The molecular formula is C18H18N4O. The lowest BCUT2D eigenvalue weighted by Crippen LogP contribution is -2.19. The number of para-hydroxylation sites is 1.